The Balaban J connectivity index is 2.35. The fraction of sp³-hybridized carbons (Fsp3) is 0.300. The standard InChI is InChI=1S/C10H11BFNO4/c12-6-1-5(2-9(13)10(14)15)7-4-17-11(16)8(7)3-6/h1,3,9,16H,2,4,13H2,(H,14,15)/t9-/m0/s1. The van der Waals surface area contributed by atoms with Crippen LogP contribution >= 0.6 is 0 Å². The van der Waals surface area contributed by atoms with E-state index in [4.69, 9.17) is 15.5 Å². The number of fused-ring (bicyclic) bond motifs is 1. The second-order valence-corrected chi connectivity index (χ2v) is 3.94. The minimum Gasteiger partial charge on any atom is -0.480 e. The maximum Gasteiger partial charge on any atom is 0.491 e. The van der Waals surface area contributed by atoms with Gasteiger partial charge in [-0.15, -0.1) is 0 Å². The van der Waals surface area contributed by atoms with Gasteiger partial charge in [0.15, 0.2) is 0 Å². The number of hydrogen-bond donors (Lipinski definition) is 3. The lowest BCUT2D eigenvalue weighted by molar-refractivity contribution is -0.138. The summed E-state index contributed by atoms with van der Waals surface area (Å²) < 4.78 is 18.3. The first-order valence-electron chi connectivity index (χ1n) is 5.08. The van der Waals surface area contributed by atoms with Gasteiger partial charge in [-0.05, 0) is 35.1 Å². The Labute approximate surface area is 97.1 Å². The topological polar surface area (TPSA) is 92.8 Å². The molecule has 0 saturated heterocycles. The van der Waals surface area contributed by atoms with Gasteiger partial charge in [-0.1, -0.05) is 0 Å². The Morgan fingerprint density at radius 3 is 3.00 bits per heavy atom. The lowest BCUT2D eigenvalue weighted by Crippen LogP contribution is -2.34. The number of halogens is 1. The fourth-order valence-electron chi connectivity index (χ4n) is 1.87. The third kappa shape index (κ3) is 2.31. The number of benzene rings is 1. The van der Waals surface area contributed by atoms with E-state index >= 15 is 0 Å². The molecule has 4 N–H and O–H groups in total. The van der Waals surface area contributed by atoms with Gasteiger partial charge in [-0.25, -0.2) is 4.39 Å². The summed E-state index contributed by atoms with van der Waals surface area (Å²) in [6.45, 7) is 0.137. The first-order valence-corrected chi connectivity index (χ1v) is 5.08. The summed E-state index contributed by atoms with van der Waals surface area (Å²) in [5, 5.41) is 18.2. The molecular weight excluding hydrogens is 228 g/mol. The smallest absolute Gasteiger partial charge is 0.480 e. The minimum absolute atomic E-state index is 0.00546. The summed E-state index contributed by atoms with van der Waals surface area (Å²) in [4.78, 5) is 10.7. The third-order valence-electron chi connectivity index (χ3n) is 2.75. The highest BCUT2D eigenvalue weighted by atomic mass is 19.1. The van der Waals surface area contributed by atoms with Gasteiger partial charge in [0.1, 0.15) is 11.9 Å². The lowest BCUT2D eigenvalue weighted by atomic mass is 9.78. The van der Waals surface area contributed by atoms with Crippen molar-refractivity contribution in [3.05, 3.63) is 29.1 Å². The first-order chi connectivity index (χ1) is 7.99. The lowest BCUT2D eigenvalue weighted by Gasteiger charge is -2.10. The van der Waals surface area contributed by atoms with Crippen LogP contribution < -0.4 is 11.2 Å². The summed E-state index contributed by atoms with van der Waals surface area (Å²) >= 11 is 0. The van der Waals surface area contributed by atoms with E-state index < -0.39 is 24.9 Å². The molecule has 0 unspecified atom stereocenters. The Morgan fingerprint density at radius 1 is 1.65 bits per heavy atom. The largest absolute Gasteiger partial charge is 0.491 e. The molecule has 1 aromatic rings. The van der Waals surface area contributed by atoms with E-state index in [1.807, 2.05) is 0 Å². The average Bonchev–Trinajstić information content (AvgIpc) is 2.60. The molecule has 17 heavy (non-hydrogen) atoms. The van der Waals surface area contributed by atoms with Gasteiger partial charge in [-0.3, -0.25) is 4.79 Å². The van der Waals surface area contributed by atoms with Crippen molar-refractivity contribution in [2.24, 2.45) is 5.73 Å². The van der Waals surface area contributed by atoms with Crippen molar-refractivity contribution in [2.45, 2.75) is 19.1 Å². The summed E-state index contributed by atoms with van der Waals surface area (Å²) in [5.74, 6) is -1.69. The number of carboxylic acids is 1. The van der Waals surface area contributed by atoms with Gasteiger partial charge in [-0.2, -0.15) is 0 Å². The second-order valence-electron chi connectivity index (χ2n) is 3.94. The average molecular weight is 239 g/mol. The van der Waals surface area contributed by atoms with Crippen molar-refractivity contribution >= 4 is 18.6 Å². The third-order valence-corrected chi connectivity index (χ3v) is 2.75. The van der Waals surface area contributed by atoms with Gasteiger partial charge in [0.05, 0.1) is 6.61 Å². The molecule has 1 heterocycles. The highest BCUT2D eigenvalue weighted by Gasteiger charge is 2.30. The Hall–Kier alpha value is -1.44. The van der Waals surface area contributed by atoms with Crippen LogP contribution in [0.5, 0.6) is 0 Å². The van der Waals surface area contributed by atoms with E-state index in [1.54, 1.807) is 0 Å². The molecule has 5 nitrogen and oxygen atoms in total. The highest BCUT2D eigenvalue weighted by molar-refractivity contribution is 6.61. The zero-order valence-corrected chi connectivity index (χ0v) is 8.89. The molecule has 0 fully saturated rings. The number of hydrogen-bond acceptors (Lipinski definition) is 4. The number of rotatable bonds is 3. The minimum atomic E-state index is -1.15. The van der Waals surface area contributed by atoms with Gasteiger partial charge < -0.3 is 20.5 Å². The predicted molar refractivity (Wildman–Crippen MR) is 58.1 cm³/mol. The second kappa shape index (κ2) is 4.44. The summed E-state index contributed by atoms with van der Waals surface area (Å²) in [6.07, 6.45) is 0.00546. The summed E-state index contributed by atoms with van der Waals surface area (Å²) in [6, 6.07) is 1.31. The summed E-state index contributed by atoms with van der Waals surface area (Å²) in [7, 11) is -1.15. The molecule has 0 spiro atoms. The van der Waals surface area contributed by atoms with Crippen LogP contribution in [0.4, 0.5) is 4.39 Å². The number of aliphatic carboxylic acids is 1. The zero-order valence-electron chi connectivity index (χ0n) is 8.89. The Kier molecular flexibility index (Phi) is 3.14. The number of nitrogens with two attached hydrogens (primary N) is 1. The van der Waals surface area contributed by atoms with Crippen molar-refractivity contribution in [1.82, 2.24) is 0 Å². The molecule has 1 aromatic carbocycles. The van der Waals surface area contributed by atoms with E-state index in [-0.39, 0.29) is 13.0 Å². The Bertz CT molecular complexity index is 468. The zero-order chi connectivity index (χ0) is 12.6. The fourth-order valence-corrected chi connectivity index (χ4v) is 1.87. The van der Waals surface area contributed by atoms with E-state index in [0.29, 0.717) is 16.6 Å². The summed E-state index contributed by atoms with van der Waals surface area (Å²) in [5.41, 5.74) is 6.83. The molecule has 1 atom stereocenters. The SMILES string of the molecule is N[C@@H](Cc1cc(F)cc2c1COB2O)C(=O)O. The van der Waals surface area contributed by atoms with Crippen LogP contribution in [0.2, 0.25) is 0 Å². The first kappa shape index (κ1) is 12.0. The van der Waals surface area contributed by atoms with E-state index in [1.165, 1.54) is 12.1 Å². The quantitative estimate of drug-likeness (QED) is 0.588. The number of carboxylic acid groups (broad SMARTS) is 1. The molecule has 1 aliphatic rings. The molecule has 0 radical (unpaired) electrons. The monoisotopic (exact) mass is 239 g/mol. The maximum absolute atomic E-state index is 13.3. The van der Waals surface area contributed by atoms with Crippen molar-refractivity contribution in [3.8, 4) is 0 Å². The predicted octanol–water partition coefficient (Wildman–Crippen LogP) is -1.00. The van der Waals surface area contributed by atoms with Crippen LogP contribution in [0.3, 0.4) is 0 Å². The van der Waals surface area contributed by atoms with Gasteiger partial charge in [0, 0.05) is 0 Å². The van der Waals surface area contributed by atoms with Gasteiger partial charge in [0.25, 0.3) is 0 Å². The molecule has 2 rings (SSSR count). The van der Waals surface area contributed by atoms with Crippen molar-refractivity contribution in [1.29, 1.82) is 0 Å². The molecule has 0 aliphatic carbocycles. The van der Waals surface area contributed by atoms with Crippen LogP contribution in [-0.2, 0) is 22.5 Å². The van der Waals surface area contributed by atoms with Gasteiger partial charge in [0.2, 0.25) is 0 Å². The number of carbonyl (C=O) groups is 1. The van der Waals surface area contributed by atoms with Gasteiger partial charge >= 0.3 is 13.1 Å². The van der Waals surface area contributed by atoms with Crippen LogP contribution in [0.25, 0.3) is 0 Å². The van der Waals surface area contributed by atoms with Crippen LogP contribution in [0.1, 0.15) is 11.1 Å². The van der Waals surface area contributed by atoms with E-state index in [2.05, 4.69) is 0 Å². The van der Waals surface area contributed by atoms with E-state index in [0.717, 1.165) is 0 Å². The molecule has 90 valence electrons. The Morgan fingerprint density at radius 2 is 2.35 bits per heavy atom. The van der Waals surface area contributed by atoms with Crippen molar-refractivity contribution in [2.75, 3.05) is 0 Å². The molecule has 0 amide bonds. The molecule has 0 saturated carbocycles. The molecule has 0 aromatic heterocycles. The van der Waals surface area contributed by atoms with Crippen LogP contribution in [0.15, 0.2) is 12.1 Å². The van der Waals surface area contributed by atoms with Crippen LogP contribution in [0, 0.1) is 5.82 Å². The van der Waals surface area contributed by atoms with E-state index in [9.17, 15) is 14.2 Å². The molecule has 7 heteroatoms. The van der Waals surface area contributed by atoms with Crippen molar-refractivity contribution < 1.29 is 24.0 Å². The van der Waals surface area contributed by atoms with Crippen molar-refractivity contribution in [3.63, 3.8) is 0 Å². The van der Waals surface area contributed by atoms with Crippen LogP contribution in [-0.4, -0.2) is 29.3 Å². The highest BCUT2D eigenvalue weighted by Crippen LogP contribution is 2.18. The normalized spacial score (nSPS) is 15.8. The maximum atomic E-state index is 13.3. The molecule has 0 bridgehead atoms. The molecule has 1 aliphatic heterocycles. The molecular formula is C10H11BFNO4.